The molecule has 1 aromatic carbocycles. The van der Waals surface area contributed by atoms with Crippen LogP contribution in [0, 0.1) is 11.3 Å². The number of benzene rings is 1. The third-order valence-corrected chi connectivity index (χ3v) is 2.30. The van der Waals surface area contributed by atoms with Gasteiger partial charge in [0.05, 0.1) is 18.1 Å². The Kier molecular flexibility index (Phi) is 2.56. The van der Waals surface area contributed by atoms with Gasteiger partial charge in [0.2, 0.25) is 11.8 Å². The first kappa shape index (κ1) is 10.2. The summed E-state index contributed by atoms with van der Waals surface area (Å²) in [5, 5.41) is 13.8. The van der Waals surface area contributed by atoms with Gasteiger partial charge in [-0.25, -0.2) is 0 Å². The molecule has 1 fully saturated rings. The van der Waals surface area contributed by atoms with Gasteiger partial charge < -0.3 is 5.32 Å². The molecule has 2 amide bonds. The lowest BCUT2D eigenvalue weighted by atomic mass is 10.2. The van der Waals surface area contributed by atoms with E-state index in [1.54, 1.807) is 24.3 Å². The van der Waals surface area contributed by atoms with Crippen LogP contribution in [0.3, 0.4) is 0 Å². The topological polar surface area (TPSA) is 82.0 Å². The molecule has 0 spiro atoms. The lowest BCUT2D eigenvalue weighted by molar-refractivity contribution is -0.124. The van der Waals surface area contributed by atoms with Crippen molar-refractivity contribution >= 4 is 17.5 Å². The molecule has 0 aromatic heterocycles. The van der Waals surface area contributed by atoms with E-state index >= 15 is 0 Å². The molecule has 80 valence electrons. The van der Waals surface area contributed by atoms with Gasteiger partial charge in [-0.3, -0.25) is 14.9 Å². The summed E-state index contributed by atoms with van der Waals surface area (Å²) < 4.78 is 0. The normalized spacial score (nSPS) is 19.1. The number of nitrogens with one attached hydrogen (secondary N) is 2. The molecule has 1 heterocycles. The SMILES string of the molecule is N#Cc1cccc(NC2CC(=O)NC2=O)c1. The molecule has 1 aromatic rings. The highest BCUT2D eigenvalue weighted by Gasteiger charge is 2.30. The smallest absolute Gasteiger partial charge is 0.249 e. The molecular weight excluding hydrogens is 206 g/mol. The molecule has 0 radical (unpaired) electrons. The Morgan fingerprint density at radius 3 is 2.88 bits per heavy atom. The van der Waals surface area contributed by atoms with E-state index in [0.717, 1.165) is 0 Å². The van der Waals surface area contributed by atoms with Crippen LogP contribution in [0.2, 0.25) is 0 Å². The van der Waals surface area contributed by atoms with Crippen molar-refractivity contribution in [2.24, 2.45) is 0 Å². The fourth-order valence-electron chi connectivity index (χ4n) is 1.55. The second kappa shape index (κ2) is 4.03. The molecule has 0 bridgehead atoms. The molecule has 1 unspecified atom stereocenters. The Morgan fingerprint density at radius 2 is 2.25 bits per heavy atom. The highest BCUT2D eigenvalue weighted by Crippen LogP contribution is 2.14. The number of carbonyl (C=O) groups excluding carboxylic acids is 2. The second-order valence-corrected chi connectivity index (χ2v) is 3.51. The Morgan fingerprint density at radius 1 is 1.44 bits per heavy atom. The van der Waals surface area contributed by atoms with Crippen molar-refractivity contribution in [3.05, 3.63) is 29.8 Å². The molecule has 0 aliphatic carbocycles. The zero-order valence-electron chi connectivity index (χ0n) is 8.36. The van der Waals surface area contributed by atoms with E-state index in [-0.39, 0.29) is 18.2 Å². The zero-order chi connectivity index (χ0) is 11.5. The zero-order valence-corrected chi connectivity index (χ0v) is 8.36. The first-order valence-corrected chi connectivity index (χ1v) is 4.79. The van der Waals surface area contributed by atoms with Gasteiger partial charge >= 0.3 is 0 Å². The summed E-state index contributed by atoms with van der Waals surface area (Å²) in [5.74, 6) is -0.605. The average molecular weight is 215 g/mol. The maximum atomic E-state index is 11.3. The van der Waals surface area contributed by atoms with Crippen LogP contribution in [0.1, 0.15) is 12.0 Å². The number of nitrogens with zero attached hydrogens (tertiary/aromatic N) is 1. The van der Waals surface area contributed by atoms with Crippen molar-refractivity contribution in [3.63, 3.8) is 0 Å². The van der Waals surface area contributed by atoms with Crippen molar-refractivity contribution in [3.8, 4) is 6.07 Å². The van der Waals surface area contributed by atoms with Crippen LogP contribution >= 0.6 is 0 Å². The molecule has 1 aliphatic rings. The van der Waals surface area contributed by atoms with E-state index in [1.807, 2.05) is 6.07 Å². The molecule has 16 heavy (non-hydrogen) atoms. The first-order valence-electron chi connectivity index (χ1n) is 4.79. The Hall–Kier alpha value is -2.35. The second-order valence-electron chi connectivity index (χ2n) is 3.51. The van der Waals surface area contributed by atoms with Crippen LogP contribution in [0.5, 0.6) is 0 Å². The summed E-state index contributed by atoms with van der Waals surface area (Å²) in [5.41, 5.74) is 1.17. The maximum absolute atomic E-state index is 11.3. The van der Waals surface area contributed by atoms with Gasteiger partial charge in [-0.15, -0.1) is 0 Å². The first-order chi connectivity index (χ1) is 7.69. The third-order valence-electron chi connectivity index (χ3n) is 2.30. The molecule has 5 nitrogen and oxygen atoms in total. The van der Waals surface area contributed by atoms with Gasteiger partial charge in [0, 0.05) is 5.69 Å². The van der Waals surface area contributed by atoms with Gasteiger partial charge in [-0.2, -0.15) is 5.26 Å². The molecule has 1 aliphatic heterocycles. The third kappa shape index (κ3) is 2.01. The van der Waals surface area contributed by atoms with Crippen molar-refractivity contribution in [2.45, 2.75) is 12.5 Å². The van der Waals surface area contributed by atoms with E-state index in [1.165, 1.54) is 0 Å². The Labute approximate surface area is 92.1 Å². The Balaban J connectivity index is 2.12. The summed E-state index contributed by atoms with van der Waals surface area (Å²) >= 11 is 0. The van der Waals surface area contributed by atoms with Gasteiger partial charge in [0.1, 0.15) is 6.04 Å². The van der Waals surface area contributed by atoms with Crippen LogP contribution in [-0.4, -0.2) is 17.9 Å². The monoisotopic (exact) mass is 215 g/mol. The molecule has 1 atom stereocenters. The van der Waals surface area contributed by atoms with E-state index in [2.05, 4.69) is 10.6 Å². The van der Waals surface area contributed by atoms with Gasteiger partial charge in [-0.05, 0) is 18.2 Å². The molecule has 2 N–H and O–H groups in total. The van der Waals surface area contributed by atoms with Crippen LogP contribution in [-0.2, 0) is 9.59 Å². The number of nitriles is 1. The number of anilines is 1. The van der Waals surface area contributed by atoms with Crippen molar-refractivity contribution in [1.29, 1.82) is 5.26 Å². The fraction of sp³-hybridized carbons (Fsp3) is 0.182. The van der Waals surface area contributed by atoms with Crippen LogP contribution in [0.4, 0.5) is 5.69 Å². The summed E-state index contributed by atoms with van der Waals surface area (Å²) in [6.07, 6.45) is 0.135. The maximum Gasteiger partial charge on any atom is 0.249 e. The van der Waals surface area contributed by atoms with E-state index in [0.29, 0.717) is 11.3 Å². The number of amides is 2. The molecule has 1 saturated heterocycles. The van der Waals surface area contributed by atoms with Crippen LogP contribution < -0.4 is 10.6 Å². The lowest BCUT2D eigenvalue weighted by Gasteiger charge is -2.10. The van der Waals surface area contributed by atoms with E-state index in [9.17, 15) is 9.59 Å². The highest BCUT2D eigenvalue weighted by molar-refractivity contribution is 6.06. The van der Waals surface area contributed by atoms with Gasteiger partial charge in [-0.1, -0.05) is 6.07 Å². The van der Waals surface area contributed by atoms with Crippen LogP contribution in [0.25, 0.3) is 0 Å². The number of imide groups is 1. The number of hydrogen-bond donors (Lipinski definition) is 2. The Bertz CT molecular complexity index is 490. The standard InChI is InChI=1S/C11H9N3O2/c12-6-7-2-1-3-8(4-7)13-9-5-10(15)14-11(9)16/h1-4,9,13H,5H2,(H,14,15,16). The lowest BCUT2D eigenvalue weighted by Crippen LogP contribution is -2.29. The number of hydrogen-bond acceptors (Lipinski definition) is 4. The van der Waals surface area contributed by atoms with Gasteiger partial charge in [0.25, 0.3) is 0 Å². The van der Waals surface area contributed by atoms with E-state index in [4.69, 9.17) is 5.26 Å². The summed E-state index contributed by atoms with van der Waals surface area (Å²) in [4.78, 5) is 22.2. The van der Waals surface area contributed by atoms with E-state index < -0.39 is 6.04 Å². The predicted molar refractivity (Wildman–Crippen MR) is 56.3 cm³/mol. The molecular formula is C11H9N3O2. The highest BCUT2D eigenvalue weighted by atomic mass is 16.2. The quantitative estimate of drug-likeness (QED) is 0.699. The van der Waals surface area contributed by atoms with Crippen molar-refractivity contribution in [1.82, 2.24) is 5.32 Å². The van der Waals surface area contributed by atoms with Crippen LogP contribution in [0.15, 0.2) is 24.3 Å². The van der Waals surface area contributed by atoms with Gasteiger partial charge in [0.15, 0.2) is 0 Å². The minimum absolute atomic E-state index is 0.135. The summed E-state index contributed by atoms with van der Waals surface area (Å²) in [7, 11) is 0. The number of rotatable bonds is 2. The molecule has 5 heteroatoms. The van der Waals surface area contributed by atoms with Crippen molar-refractivity contribution < 1.29 is 9.59 Å². The molecule has 2 rings (SSSR count). The largest absolute Gasteiger partial charge is 0.373 e. The number of carbonyl (C=O) groups is 2. The van der Waals surface area contributed by atoms with Crippen molar-refractivity contribution in [2.75, 3.05) is 5.32 Å². The minimum atomic E-state index is -0.540. The predicted octanol–water partition coefficient (Wildman–Crippen LogP) is 0.385. The summed E-state index contributed by atoms with van der Waals surface area (Å²) in [6, 6.07) is 8.24. The minimum Gasteiger partial charge on any atom is -0.373 e. The fourth-order valence-corrected chi connectivity index (χ4v) is 1.55. The average Bonchev–Trinajstić information content (AvgIpc) is 2.58. The summed E-state index contributed by atoms with van der Waals surface area (Å²) in [6.45, 7) is 0. The molecule has 0 saturated carbocycles.